The molecule has 2 heterocycles. The molecule has 110 valence electrons. The number of benzene rings is 1. The van der Waals surface area contributed by atoms with Gasteiger partial charge in [0.05, 0.1) is 6.04 Å². The Balaban J connectivity index is 1.70. The first-order chi connectivity index (χ1) is 10.1. The lowest BCUT2D eigenvalue weighted by Gasteiger charge is -2.13. The summed E-state index contributed by atoms with van der Waals surface area (Å²) in [5.74, 6) is -0.465. The Morgan fingerprint density at radius 3 is 2.81 bits per heavy atom. The Labute approximate surface area is 123 Å². The molecule has 2 aromatic rings. The van der Waals surface area contributed by atoms with Gasteiger partial charge in [-0.1, -0.05) is 12.1 Å². The average molecular weight is 287 g/mol. The van der Waals surface area contributed by atoms with E-state index in [1.807, 2.05) is 17.7 Å². The van der Waals surface area contributed by atoms with Crippen molar-refractivity contribution in [2.75, 3.05) is 0 Å². The second kappa shape index (κ2) is 5.68. The Morgan fingerprint density at radius 2 is 2.10 bits per heavy atom. The Kier molecular flexibility index (Phi) is 3.73. The summed E-state index contributed by atoms with van der Waals surface area (Å²) in [4.78, 5) is 12.3. The number of carbonyl (C=O) groups is 1. The molecule has 5 heteroatoms. The number of hydrogen-bond donors (Lipinski definition) is 1. The van der Waals surface area contributed by atoms with E-state index in [1.54, 1.807) is 12.1 Å². The molecule has 0 unspecified atom stereocenters. The average Bonchev–Trinajstić information content (AvgIpc) is 2.92. The van der Waals surface area contributed by atoms with Gasteiger partial charge < -0.3 is 5.32 Å². The Bertz CT molecular complexity index is 625. The molecule has 0 saturated heterocycles. The normalized spacial score (nSPS) is 15.3. The molecule has 1 aliphatic rings. The number of aromatic nitrogens is 2. The van der Waals surface area contributed by atoms with Crippen molar-refractivity contribution >= 4 is 5.91 Å². The van der Waals surface area contributed by atoms with Gasteiger partial charge in [0, 0.05) is 12.2 Å². The van der Waals surface area contributed by atoms with Crippen molar-refractivity contribution < 1.29 is 9.18 Å². The minimum absolute atomic E-state index is 0.183. The number of carbonyl (C=O) groups excluding carboxylic acids is 1. The molecular weight excluding hydrogens is 269 g/mol. The van der Waals surface area contributed by atoms with Crippen LogP contribution in [0.15, 0.2) is 30.3 Å². The summed E-state index contributed by atoms with van der Waals surface area (Å²) in [6, 6.07) is 7.83. The van der Waals surface area contributed by atoms with E-state index in [9.17, 15) is 9.18 Å². The molecule has 4 nitrogen and oxygen atoms in total. The molecule has 3 rings (SSSR count). The van der Waals surface area contributed by atoms with E-state index in [0.717, 1.165) is 37.1 Å². The van der Waals surface area contributed by atoms with E-state index in [0.29, 0.717) is 5.69 Å². The molecule has 1 aromatic carbocycles. The van der Waals surface area contributed by atoms with E-state index in [-0.39, 0.29) is 17.8 Å². The summed E-state index contributed by atoms with van der Waals surface area (Å²) in [5.41, 5.74) is 2.45. The Hall–Kier alpha value is -2.17. The predicted octanol–water partition coefficient (Wildman–Crippen LogP) is 2.85. The summed E-state index contributed by atoms with van der Waals surface area (Å²) < 4.78 is 14.8. The van der Waals surface area contributed by atoms with Crippen molar-refractivity contribution in [3.8, 4) is 0 Å². The highest BCUT2D eigenvalue weighted by Gasteiger charge is 2.18. The van der Waals surface area contributed by atoms with Crippen LogP contribution in [-0.2, 0) is 13.0 Å². The third-order valence-corrected chi connectivity index (χ3v) is 3.87. The summed E-state index contributed by atoms with van der Waals surface area (Å²) in [6.07, 6.45) is 3.24. The summed E-state index contributed by atoms with van der Waals surface area (Å²) in [6.45, 7) is 2.76. The molecule has 0 saturated carbocycles. The molecule has 1 aliphatic heterocycles. The van der Waals surface area contributed by atoms with Crippen LogP contribution in [0.4, 0.5) is 4.39 Å². The molecule has 0 fully saturated rings. The number of rotatable bonds is 3. The summed E-state index contributed by atoms with van der Waals surface area (Å²) in [5, 5.41) is 7.26. The summed E-state index contributed by atoms with van der Waals surface area (Å²) >= 11 is 0. The molecule has 0 radical (unpaired) electrons. The number of hydrogen-bond acceptors (Lipinski definition) is 2. The van der Waals surface area contributed by atoms with Gasteiger partial charge in [-0.2, -0.15) is 5.10 Å². The van der Waals surface area contributed by atoms with E-state index in [4.69, 9.17) is 0 Å². The highest BCUT2D eigenvalue weighted by molar-refractivity contribution is 5.92. The maximum absolute atomic E-state index is 12.9. The van der Waals surface area contributed by atoms with Crippen LogP contribution in [0.3, 0.4) is 0 Å². The Morgan fingerprint density at radius 1 is 1.33 bits per heavy atom. The van der Waals surface area contributed by atoms with Crippen LogP contribution in [0.5, 0.6) is 0 Å². The zero-order chi connectivity index (χ0) is 14.8. The fourth-order valence-corrected chi connectivity index (χ4v) is 2.63. The van der Waals surface area contributed by atoms with Crippen molar-refractivity contribution in [1.29, 1.82) is 0 Å². The van der Waals surface area contributed by atoms with E-state index in [1.165, 1.54) is 12.1 Å². The smallest absolute Gasteiger partial charge is 0.272 e. The summed E-state index contributed by atoms with van der Waals surface area (Å²) in [7, 11) is 0. The topological polar surface area (TPSA) is 46.9 Å². The molecule has 1 amide bonds. The van der Waals surface area contributed by atoms with Gasteiger partial charge in [0.25, 0.3) is 5.91 Å². The van der Waals surface area contributed by atoms with Crippen LogP contribution in [0.1, 0.15) is 47.6 Å². The minimum Gasteiger partial charge on any atom is -0.344 e. The standard InChI is InChI=1S/C16H18FN3O/c1-11(12-5-7-13(17)8-6-12)18-16(21)15-10-14-4-2-3-9-20(14)19-15/h5-8,10-11H,2-4,9H2,1H3,(H,18,21)/t11-/m1/s1. The van der Waals surface area contributed by atoms with E-state index >= 15 is 0 Å². The van der Waals surface area contributed by atoms with Crippen LogP contribution in [0, 0.1) is 5.82 Å². The van der Waals surface area contributed by atoms with Gasteiger partial charge >= 0.3 is 0 Å². The quantitative estimate of drug-likeness (QED) is 0.943. The molecule has 1 aromatic heterocycles. The van der Waals surface area contributed by atoms with E-state index in [2.05, 4.69) is 10.4 Å². The zero-order valence-corrected chi connectivity index (χ0v) is 12.0. The SMILES string of the molecule is C[C@@H](NC(=O)c1cc2n(n1)CCCC2)c1ccc(F)cc1. The first kappa shape index (κ1) is 13.8. The third-order valence-electron chi connectivity index (χ3n) is 3.87. The van der Waals surface area contributed by atoms with Gasteiger partial charge in [0.2, 0.25) is 0 Å². The van der Waals surface area contributed by atoms with Crippen molar-refractivity contribution in [3.63, 3.8) is 0 Å². The third kappa shape index (κ3) is 2.96. The van der Waals surface area contributed by atoms with Crippen LogP contribution in [-0.4, -0.2) is 15.7 Å². The van der Waals surface area contributed by atoms with Crippen LogP contribution >= 0.6 is 0 Å². The number of nitrogens with zero attached hydrogens (tertiary/aromatic N) is 2. The van der Waals surface area contributed by atoms with Gasteiger partial charge in [-0.25, -0.2) is 4.39 Å². The highest BCUT2D eigenvalue weighted by Crippen LogP contribution is 2.17. The van der Waals surface area contributed by atoms with Crippen LogP contribution in [0.25, 0.3) is 0 Å². The maximum atomic E-state index is 12.9. The second-order valence-corrected chi connectivity index (χ2v) is 5.45. The monoisotopic (exact) mass is 287 g/mol. The zero-order valence-electron chi connectivity index (χ0n) is 12.0. The number of halogens is 1. The molecule has 0 spiro atoms. The first-order valence-corrected chi connectivity index (χ1v) is 7.26. The molecular formula is C16H18FN3O. The van der Waals surface area contributed by atoms with Crippen molar-refractivity contribution in [2.24, 2.45) is 0 Å². The predicted molar refractivity (Wildman–Crippen MR) is 77.4 cm³/mol. The fourth-order valence-electron chi connectivity index (χ4n) is 2.63. The van der Waals surface area contributed by atoms with Gasteiger partial charge in [-0.15, -0.1) is 0 Å². The molecule has 1 N–H and O–H groups in total. The molecule has 1 atom stereocenters. The molecule has 0 aliphatic carbocycles. The number of amides is 1. The van der Waals surface area contributed by atoms with Crippen LogP contribution < -0.4 is 5.32 Å². The lowest BCUT2D eigenvalue weighted by molar-refractivity contribution is 0.0934. The largest absolute Gasteiger partial charge is 0.344 e. The van der Waals surface area contributed by atoms with E-state index < -0.39 is 0 Å². The molecule has 0 bridgehead atoms. The maximum Gasteiger partial charge on any atom is 0.272 e. The van der Waals surface area contributed by atoms with Crippen LogP contribution in [0.2, 0.25) is 0 Å². The fraction of sp³-hybridized carbons (Fsp3) is 0.375. The number of nitrogens with one attached hydrogen (secondary N) is 1. The lowest BCUT2D eigenvalue weighted by Crippen LogP contribution is -2.27. The molecule has 21 heavy (non-hydrogen) atoms. The highest BCUT2D eigenvalue weighted by atomic mass is 19.1. The number of fused-ring (bicyclic) bond motifs is 1. The van der Waals surface area contributed by atoms with Crippen molar-refractivity contribution in [3.05, 3.63) is 53.1 Å². The first-order valence-electron chi connectivity index (χ1n) is 7.26. The van der Waals surface area contributed by atoms with Gasteiger partial charge in [-0.3, -0.25) is 9.48 Å². The van der Waals surface area contributed by atoms with Gasteiger partial charge in [0.1, 0.15) is 11.5 Å². The second-order valence-electron chi connectivity index (χ2n) is 5.45. The van der Waals surface area contributed by atoms with Crippen molar-refractivity contribution in [2.45, 2.75) is 38.8 Å². The van der Waals surface area contributed by atoms with Gasteiger partial charge in [-0.05, 0) is 49.9 Å². The number of aryl methyl sites for hydroxylation is 2. The minimum atomic E-state index is -0.279. The van der Waals surface area contributed by atoms with Gasteiger partial charge in [0.15, 0.2) is 0 Å². The lowest BCUT2D eigenvalue weighted by atomic mass is 10.1. The van der Waals surface area contributed by atoms with Crippen molar-refractivity contribution in [1.82, 2.24) is 15.1 Å².